The highest BCUT2D eigenvalue weighted by molar-refractivity contribution is 9.10. The van der Waals surface area contributed by atoms with Gasteiger partial charge >= 0.3 is 17.9 Å². The van der Waals surface area contributed by atoms with Gasteiger partial charge in [0.1, 0.15) is 23.0 Å². The van der Waals surface area contributed by atoms with E-state index in [-0.39, 0.29) is 6.73 Å². The van der Waals surface area contributed by atoms with Crippen molar-refractivity contribution in [3.63, 3.8) is 0 Å². The maximum absolute atomic E-state index is 12.6. The molecular formula is C34H36BrNO9. The van der Waals surface area contributed by atoms with E-state index < -0.39 is 17.9 Å². The number of hydrogen-bond acceptors (Lipinski definition) is 10. The maximum atomic E-state index is 12.6. The van der Waals surface area contributed by atoms with Crippen LogP contribution in [-0.2, 0) is 19.1 Å². The van der Waals surface area contributed by atoms with Crippen molar-refractivity contribution >= 4 is 39.5 Å². The van der Waals surface area contributed by atoms with Gasteiger partial charge in [0.05, 0.1) is 37.7 Å². The van der Waals surface area contributed by atoms with Crippen LogP contribution in [-0.4, -0.2) is 51.1 Å². The Morgan fingerprint density at radius 2 is 1.11 bits per heavy atom. The Morgan fingerprint density at radius 1 is 0.644 bits per heavy atom. The standard InChI is InChI=1S/C34H36BrNO9/c1-3-32(37)42-21-7-5-19-40-26-11-9-25(10-12-26)34(39)45-29-17-18-31(30(35)23-29)36-24-44-28-15-13-27(14-16-28)41-20-6-8-22-43-33(38)4-2/h3-4,9-18,23,36H,1-2,5-8,19-22,24H2. The van der Waals surface area contributed by atoms with Crippen LogP contribution >= 0.6 is 15.9 Å². The zero-order valence-electron chi connectivity index (χ0n) is 24.8. The van der Waals surface area contributed by atoms with E-state index >= 15 is 0 Å². The zero-order valence-corrected chi connectivity index (χ0v) is 26.4. The van der Waals surface area contributed by atoms with E-state index in [0.717, 1.165) is 24.3 Å². The van der Waals surface area contributed by atoms with Crippen molar-refractivity contribution in [2.75, 3.05) is 38.5 Å². The summed E-state index contributed by atoms with van der Waals surface area (Å²) in [6.07, 6.45) is 5.12. The molecule has 0 saturated carbocycles. The Hall–Kier alpha value is -4.77. The lowest BCUT2D eigenvalue weighted by Gasteiger charge is -2.12. The van der Waals surface area contributed by atoms with Crippen molar-refractivity contribution in [2.24, 2.45) is 0 Å². The molecule has 0 spiro atoms. The first-order chi connectivity index (χ1) is 21.9. The average Bonchev–Trinajstić information content (AvgIpc) is 3.05. The molecule has 0 unspecified atom stereocenters. The summed E-state index contributed by atoms with van der Waals surface area (Å²) in [7, 11) is 0. The van der Waals surface area contributed by atoms with E-state index in [4.69, 9.17) is 28.4 Å². The monoisotopic (exact) mass is 681 g/mol. The van der Waals surface area contributed by atoms with Gasteiger partial charge in [0.15, 0.2) is 6.73 Å². The number of halogens is 1. The number of ether oxygens (including phenoxy) is 6. The molecule has 0 atom stereocenters. The third kappa shape index (κ3) is 13.2. The highest BCUT2D eigenvalue weighted by atomic mass is 79.9. The third-order valence-electron chi connectivity index (χ3n) is 6.00. The molecule has 238 valence electrons. The van der Waals surface area contributed by atoms with Gasteiger partial charge in [-0.2, -0.15) is 0 Å². The van der Waals surface area contributed by atoms with Gasteiger partial charge in [-0.15, -0.1) is 0 Å². The summed E-state index contributed by atoms with van der Waals surface area (Å²) >= 11 is 3.50. The average molecular weight is 683 g/mol. The highest BCUT2D eigenvalue weighted by Gasteiger charge is 2.11. The smallest absolute Gasteiger partial charge is 0.343 e. The first-order valence-electron chi connectivity index (χ1n) is 14.3. The summed E-state index contributed by atoms with van der Waals surface area (Å²) in [5.41, 5.74) is 1.14. The predicted molar refractivity (Wildman–Crippen MR) is 173 cm³/mol. The van der Waals surface area contributed by atoms with Gasteiger partial charge in [-0.25, -0.2) is 14.4 Å². The second-order valence-electron chi connectivity index (χ2n) is 9.35. The number of esters is 3. The number of hydrogen-bond donors (Lipinski definition) is 1. The van der Waals surface area contributed by atoms with Gasteiger partial charge < -0.3 is 33.7 Å². The van der Waals surface area contributed by atoms with Crippen LogP contribution in [0, 0.1) is 0 Å². The molecule has 45 heavy (non-hydrogen) atoms. The minimum atomic E-state index is -0.497. The molecule has 3 aromatic carbocycles. The first kappa shape index (κ1) is 34.7. The van der Waals surface area contributed by atoms with Crippen LogP contribution in [0.5, 0.6) is 23.0 Å². The predicted octanol–water partition coefficient (Wildman–Crippen LogP) is 6.89. The van der Waals surface area contributed by atoms with Crippen LogP contribution in [0.2, 0.25) is 0 Å². The molecule has 0 aliphatic carbocycles. The molecule has 0 bridgehead atoms. The molecule has 0 radical (unpaired) electrons. The normalized spacial score (nSPS) is 10.2. The summed E-state index contributed by atoms with van der Waals surface area (Å²) in [5, 5.41) is 3.17. The summed E-state index contributed by atoms with van der Waals surface area (Å²) in [4.78, 5) is 34.6. The highest BCUT2D eigenvalue weighted by Crippen LogP contribution is 2.28. The van der Waals surface area contributed by atoms with E-state index in [2.05, 4.69) is 34.4 Å². The van der Waals surface area contributed by atoms with Crippen LogP contribution in [0.3, 0.4) is 0 Å². The molecule has 3 rings (SSSR count). The van der Waals surface area contributed by atoms with Gasteiger partial charge in [-0.3, -0.25) is 0 Å². The second kappa shape index (κ2) is 19.5. The minimum absolute atomic E-state index is 0.207. The van der Waals surface area contributed by atoms with Crippen LogP contribution < -0.4 is 24.3 Å². The number of carbonyl (C=O) groups excluding carboxylic acids is 3. The summed E-state index contributed by atoms with van der Waals surface area (Å²) in [5.74, 6) is 1.02. The van der Waals surface area contributed by atoms with Gasteiger partial charge in [0.2, 0.25) is 0 Å². The molecule has 11 heteroatoms. The van der Waals surface area contributed by atoms with E-state index in [1.807, 2.05) is 24.3 Å². The molecule has 10 nitrogen and oxygen atoms in total. The molecule has 0 aliphatic rings. The Bertz CT molecular complexity index is 1410. The van der Waals surface area contributed by atoms with E-state index in [1.54, 1.807) is 42.5 Å². The lowest BCUT2D eigenvalue weighted by molar-refractivity contribution is -0.138. The van der Waals surface area contributed by atoms with Gasteiger partial charge in [-0.05, 0) is 108 Å². The molecule has 0 aliphatic heterocycles. The number of rotatable bonds is 20. The third-order valence-corrected chi connectivity index (χ3v) is 6.66. The fraction of sp³-hybridized carbons (Fsp3) is 0.265. The molecule has 0 aromatic heterocycles. The fourth-order valence-electron chi connectivity index (χ4n) is 3.64. The van der Waals surface area contributed by atoms with Crippen molar-refractivity contribution in [1.29, 1.82) is 0 Å². The molecule has 0 saturated heterocycles. The van der Waals surface area contributed by atoms with E-state index in [0.29, 0.717) is 78.7 Å². The Kier molecular flexibility index (Phi) is 15.0. The molecule has 3 aromatic rings. The fourth-order valence-corrected chi connectivity index (χ4v) is 4.13. The van der Waals surface area contributed by atoms with Gasteiger partial charge in [-0.1, -0.05) is 13.2 Å². The topological polar surface area (TPSA) is 119 Å². The zero-order chi connectivity index (χ0) is 32.3. The van der Waals surface area contributed by atoms with Crippen molar-refractivity contribution in [1.82, 2.24) is 0 Å². The Labute approximate surface area is 271 Å². The van der Waals surface area contributed by atoms with Gasteiger partial charge in [0, 0.05) is 16.6 Å². The second-order valence-corrected chi connectivity index (χ2v) is 10.2. The number of nitrogens with one attached hydrogen (secondary N) is 1. The SMILES string of the molecule is C=CC(=O)OCCCCOc1ccc(OCNc2ccc(OC(=O)c3ccc(OCCCCOC(=O)C=C)cc3)cc2Br)cc1. The quantitative estimate of drug-likeness (QED) is 0.0444. The maximum Gasteiger partial charge on any atom is 0.343 e. The van der Waals surface area contributed by atoms with Crippen molar-refractivity contribution in [3.8, 4) is 23.0 Å². The van der Waals surface area contributed by atoms with Crippen LogP contribution in [0.4, 0.5) is 5.69 Å². The van der Waals surface area contributed by atoms with Crippen LogP contribution in [0.1, 0.15) is 36.0 Å². The lowest BCUT2D eigenvalue weighted by atomic mass is 10.2. The molecule has 0 heterocycles. The van der Waals surface area contributed by atoms with E-state index in [9.17, 15) is 14.4 Å². The molecular weight excluding hydrogens is 646 g/mol. The Balaban J connectivity index is 1.34. The van der Waals surface area contributed by atoms with Crippen LogP contribution in [0.25, 0.3) is 0 Å². The summed E-state index contributed by atoms with van der Waals surface area (Å²) < 4.78 is 33.2. The number of unbranched alkanes of at least 4 members (excludes halogenated alkanes) is 2. The molecule has 0 fully saturated rings. The largest absolute Gasteiger partial charge is 0.494 e. The molecule has 1 N–H and O–H groups in total. The Morgan fingerprint density at radius 3 is 1.62 bits per heavy atom. The summed E-state index contributed by atoms with van der Waals surface area (Å²) in [6.45, 7) is 8.52. The van der Waals surface area contributed by atoms with E-state index in [1.165, 1.54) is 0 Å². The van der Waals surface area contributed by atoms with Crippen molar-refractivity contribution < 1.29 is 42.8 Å². The van der Waals surface area contributed by atoms with Crippen molar-refractivity contribution in [3.05, 3.63) is 102 Å². The van der Waals surface area contributed by atoms with Crippen molar-refractivity contribution in [2.45, 2.75) is 25.7 Å². The number of benzene rings is 3. The summed E-state index contributed by atoms with van der Waals surface area (Å²) in [6, 6.07) is 19.1. The van der Waals surface area contributed by atoms with Gasteiger partial charge in [0.25, 0.3) is 0 Å². The number of anilines is 1. The number of carbonyl (C=O) groups is 3. The molecule has 0 amide bonds. The lowest BCUT2D eigenvalue weighted by Crippen LogP contribution is -2.10. The minimum Gasteiger partial charge on any atom is -0.494 e. The first-order valence-corrected chi connectivity index (χ1v) is 15.1. The van der Waals surface area contributed by atoms with Crippen LogP contribution in [0.15, 0.2) is 96.5 Å².